The van der Waals surface area contributed by atoms with Crippen molar-refractivity contribution in [1.82, 2.24) is 0 Å². The molecule has 1 aliphatic heterocycles. The molecule has 3 N–H and O–H groups in total. The van der Waals surface area contributed by atoms with Crippen molar-refractivity contribution in [3.63, 3.8) is 0 Å². The predicted molar refractivity (Wildman–Crippen MR) is 75.4 cm³/mol. The molecule has 1 aromatic carbocycles. The number of carboxylic acid groups (broad SMARTS) is 1. The van der Waals surface area contributed by atoms with E-state index >= 15 is 0 Å². The minimum Gasteiger partial charge on any atom is -0.480 e. The monoisotopic (exact) mass is 295 g/mol. The number of carboxylic acids is 1. The first-order valence-electron chi connectivity index (χ1n) is 6.57. The molecule has 0 aliphatic carbocycles. The zero-order valence-electron chi connectivity index (χ0n) is 11.4. The highest BCUT2D eigenvalue weighted by Gasteiger charge is 2.23. The van der Waals surface area contributed by atoms with Crippen LogP contribution in [0.4, 0.5) is 11.4 Å². The fraction of sp³-hybridized carbons (Fsp3) is 0.462. The number of benzene rings is 1. The van der Waals surface area contributed by atoms with E-state index in [1.165, 1.54) is 6.07 Å². The molecule has 1 saturated heterocycles. The Hall–Kier alpha value is -2.19. The van der Waals surface area contributed by atoms with E-state index in [-0.39, 0.29) is 12.1 Å². The number of nitro benzene ring substituents is 1. The van der Waals surface area contributed by atoms with Crippen LogP contribution in [-0.4, -0.2) is 48.3 Å². The second kappa shape index (κ2) is 6.51. The lowest BCUT2D eigenvalue weighted by Gasteiger charge is -2.28. The van der Waals surface area contributed by atoms with Crippen molar-refractivity contribution in [2.45, 2.75) is 12.5 Å². The molecule has 1 heterocycles. The lowest BCUT2D eigenvalue weighted by atomic mass is 10.0. The minimum absolute atomic E-state index is 0.0352. The van der Waals surface area contributed by atoms with Crippen LogP contribution in [0.25, 0.3) is 0 Å². The smallest absolute Gasteiger partial charge is 0.320 e. The molecule has 1 fully saturated rings. The number of carbonyl (C=O) groups is 1. The fourth-order valence-corrected chi connectivity index (χ4v) is 2.26. The van der Waals surface area contributed by atoms with Gasteiger partial charge in [-0.1, -0.05) is 6.07 Å². The van der Waals surface area contributed by atoms with Gasteiger partial charge in [-0.25, -0.2) is 0 Å². The van der Waals surface area contributed by atoms with Crippen LogP contribution in [0.1, 0.15) is 5.56 Å². The lowest BCUT2D eigenvalue weighted by Crippen LogP contribution is -2.36. The van der Waals surface area contributed by atoms with Gasteiger partial charge < -0.3 is 20.5 Å². The summed E-state index contributed by atoms with van der Waals surface area (Å²) < 4.78 is 5.23. The third kappa shape index (κ3) is 3.67. The normalized spacial score (nSPS) is 16.5. The molecule has 1 aromatic rings. The average molecular weight is 295 g/mol. The van der Waals surface area contributed by atoms with Crippen molar-refractivity contribution in [2.75, 3.05) is 31.2 Å². The number of ether oxygens (including phenoxy) is 1. The molecule has 8 nitrogen and oxygen atoms in total. The number of aliphatic carboxylic acids is 1. The van der Waals surface area contributed by atoms with Gasteiger partial charge >= 0.3 is 5.97 Å². The molecule has 1 atom stereocenters. The lowest BCUT2D eigenvalue weighted by molar-refractivity contribution is -0.384. The standard InChI is InChI=1S/C13H17N3O5/c14-10(13(17)18)7-9-1-2-11(12(8-9)16(19)20)15-3-5-21-6-4-15/h1-2,8,10H,3-7,14H2,(H,17,18). The van der Waals surface area contributed by atoms with E-state index in [2.05, 4.69) is 0 Å². The molecule has 0 radical (unpaired) electrons. The largest absolute Gasteiger partial charge is 0.480 e. The number of anilines is 1. The SMILES string of the molecule is NC(Cc1ccc(N2CCOCC2)c([N+](=O)[O-])c1)C(=O)O. The Morgan fingerprint density at radius 3 is 2.71 bits per heavy atom. The van der Waals surface area contributed by atoms with Gasteiger partial charge in [0.05, 0.1) is 18.1 Å². The molecular weight excluding hydrogens is 278 g/mol. The molecular formula is C13H17N3O5. The summed E-state index contributed by atoms with van der Waals surface area (Å²) in [7, 11) is 0. The third-order valence-electron chi connectivity index (χ3n) is 3.36. The van der Waals surface area contributed by atoms with Crippen LogP contribution in [0.3, 0.4) is 0 Å². The van der Waals surface area contributed by atoms with Gasteiger partial charge in [0.1, 0.15) is 11.7 Å². The van der Waals surface area contributed by atoms with E-state index in [1.807, 2.05) is 4.90 Å². The molecule has 0 bridgehead atoms. The van der Waals surface area contributed by atoms with E-state index < -0.39 is 16.9 Å². The van der Waals surface area contributed by atoms with E-state index in [4.69, 9.17) is 15.6 Å². The van der Waals surface area contributed by atoms with Crippen molar-refractivity contribution in [3.05, 3.63) is 33.9 Å². The fourth-order valence-electron chi connectivity index (χ4n) is 2.26. The molecule has 8 heteroatoms. The highest BCUT2D eigenvalue weighted by Crippen LogP contribution is 2.30. The predicted octanol–water partition coefficient (Wildman–Crippen LogP) is 0.386. The molecule has 1 unspecified atom stereocenters. The first-order valence-corrected chi connectivity index (χ1v) is 6.57. The van der Waals surface area contributed by atoms with Crippen molar-refractivity contribution in [1.29, 1.82) is 0 Å². The number of morpholine rings is 1. The van der Waals surface area contributed by atoms with Crippen LogP contribution in [-0.2, 0) is 16.0 Å². The van der Waals surface area contributed by atoms with E-state index in [0.29, 0.717) is 37.6 Å². The first-order chi connectivity index (χ1) is 9.99. The van der Waals surface area contributed by atoms with Gasteiger partial charge in [-0.15, -0.1) is 0 Å². The molecule has 0 spiro atoms. The summed E-state index contributed by atoms with van der Waals surface area (Å²) in [6, 6.07) is 3.65. The molecule has 21 heavy (non-hydrogen) atoms. The van der Waals surface area contributed by atoms with E-state index in [9.17, 15) is 14.9 Å². The van der Waals surface area contributed by atoms with Crippen molar-refractivity contribution < 1.29 is 19.6 Å². The van der Waals surface area contributed by atoms with E-state index in [0.717, 1.165) is 0 Å². The zero-order chi connectivity index (χ0) is 15.4. The Bertz CT molecular complexity index is 543. The van der Waals surface area contributed by atoms with Gasteiger partial charge in [-0.3, -0.25) is 14.9 Å². The summed E-state index contributed by atoms with van der Waals surface area (Å²) in [5, 5.41) is 20.0. The Kier molecular flexibility index (Phi) is 4.71. The van der Waals surface area contributed by atoms with Crippen LogP contribution in [0.15, 0.2) is 18.2 Å². The summed E-state index contributed by atoms with van der Waals surface area (Å²) in [5.74, 6) is -1.13. The van der Waals surface area contributed by atoms with Crippen LogP contribution < -0.4 is 10.6 Å². The van der Waals surface area contributed by atoms with Crippen LogP contribution >= 0.6 is 0 Å². The Morgan fingerprint density at radius 2 is 2.14 bits per heavy atom. The maximum Gasteiger partial charge on any atom is 0.320 e. The summed E-state index contributed by atoms with van der Waals surface area (Å²) >= 11 is 0. The molecule has 0 aromatic heterocycles. The van der Waals surface area contributed by atoms with Gasteiger partial charge in [-0.2, -0.15) is 0 Å². The molecule has 0 saturated carbocycles. The van der Waals surface area contributed by atoms with Gasteiger partial charge in [0.15, 0.2) is 0 Å². The maximum absolute atomic E-state index is 11.2. The number of nitrogens with two attached hydrogens (primary N) is 1. The highest BCUT2D eigenvalue weighted by atomic mass is 16.6. The van der Waals surface area contributed by atoms with Crippen LogP contribution in [0.5, 0.6) is 0 Å². The second-order valence-corrected chi connectivity index (χ2v) is 4.83. The Balaban J connectivity index is 2.26. The number of nitrogens with zero attached hydrogens (tertiary/aromatic N) is 2. The summed E-state index contributed by atoms with van der Waals surface area (Å²) in [6.45, 7) is 2.25. The van der Waals surface area contributed by atoms with E-state index in [1.54, 1.807) is 12.1 Å². The van der Waals surface area contributed by atoms with Crippen LogP contribution in [0.2, 0.25) is 0 Å². The maximum atomic E-state index is 11.2. The molecule has 2 rings (SSSR count). The number of nitro groups is 1. The number of rotatable bonds is 5. The quantitative estimate of drug-likeness (QED) is 0.595. The van der Waals surface area contributed by atoms with Gasteiger partial charge in [0.25, 0.3) is 5.69 Å². The molecule has 114 valence electrons. The Morgan fingerprint density at radius 1 is 1.48 bits per heavy atom. The number of hydrogen-bond acceptors (Lipinski definition) is 6. The van der Waals surface area contributed by atoms with Gasteiger partial charge in [0.2, 0.25) is 0 Å². The highest BCUT2D eigenvalue weighted by molar-refractivity contribution is 5.74. The summed E-state index contributed by atoms with van der Waals surface area (Å²) in [5.41, 5.74) is 6.48. The topological polar surface area (TPSA) is 119 Å². The second-order valence-electron chi connectivity index (χ2n) is 4.83. The van der Waals surface area contributed by atoms with Crippen molar-refractivity contribution in [3.8, 4) is 0 Å². The van der Waals surface area contributed by atoms with Crippen LogP contribution in [0, 0.1) is 10.1 Å². The summed E-state index contributed by atoms with van der Waals surface area (Å²) in [4.78, 5) is 23.4. The van der Waals surface area contributed by atoms with Gasteiger partial charge in [-0.05, 0) is 18.1 Å². The van der Waals surface area contributed by atoms with Crippen molar-refractivity contribution >= 4 is 17.3 Å². The minimum atomic E-state index is -1.13. The van der Waals surface area contributed by atoms with Crippen molar-refractivity contribution in [2.24, 2.45) is 5.73 Å². The first kappa shape index (κ1) is 15.2. The molecule has 1 aliphatic rings. The Labute approximate surface area is 121 Å². The van der Waals surface area contributed by atoms with Gasteiger partial charge in [0, 0.05) is 19.2 Å². The zero-order valence-corrected chi connectivity index (χ0v) is 11.4. The average Bonchev–Trinajstić information content (AvgIpc) is 2.47. The summed E-state index contributed by atoms with van der Waals surface area (Å²) in [6.07, 6.45) is 0.0551. The molecule has 0 amide bonds. The third-order valence-corrected chi connectivity index (χ3v) is 3.36. The number of hydrogen-bond donors (Lipinski definition) is 2.